The van der Waals surface area contributed by atoms with Gasteiger partial charge in [-0.1, -0.05) is 0 Å². The zero-order valence-corrected chi connectivity index (χ0v) is 13.2. The lowest BCUT2D eigenvalue weighted by molar-refractivity contribution is -0.121. The van der Waals surface area contributed by atoms with Crippen LogP contribution >= 0.6 is 0 Å². The number of benzene rings is 1. The smallest absolute Gasteiger partial charge is 0.404 e. The first-order valence-electron chi connectivity index (χ1n) is 7.97. The zero-order valence-electron chi connectivity index (χ0n) is 13.2. The molecule has 3 rings (SSSR count). The predicted molar refractivity (Wildman–Crippen MR) is 84.9 cm³/mol. The van der Waals surface area contributed by atoms with Crippen molar-refractivity contribution >= 4 is 17.7 Å². The standard InChI is InChI=1S/C16H20FN3O4/c17-11-1-2-14-13(9-11)20(15(21)10-24-14)8-7-19-5-3-12(4-6-19)18-16(22)23/h1-2,9,12,18H,3-8,10H2,(H,22,23). The van der Waals surface area contributed by atoms with E-state index in [4.69, 9.17) is 9.84 Å². The molecule has 2 heterocycles. The van der Waals surface area contributed by atoms with Gasteiger partial charge in [0, 0.05) is 38.3 Å². The van der Waals surface area contributed by atoms with Gasteiger partial charge in [-0.3, -0.25) is 4.79 Å². The lowest BCUT2D eigenvalue weighted by Crippen LogP contribution is -2.48. The van der Waals surface area contributed by atoms with Crippen molar-refractivity contribution in [2.45, 2.75) is 18.9 Å². The third-order valence-electron chi connectivity index (χ3n) is 4.42. The topological polar surface area (TPSA) is 82.1 Å². The molecular formula is C16H20FN3O4. The minimum absolute atomic E-state index is 0.0152. The molecule has 0 saturated carbocycles. The molecule has 130 valence electrons. The summed E-state index contributed by atoms with van der Waals surface area (Å²) in [5, 5.41) is 11.2. The van der Waals surface area contributed by atoms with Crippen LogP contribution < -0.4 is 15.0 Å². The maximum absolute atomic E-state index is 13.5. The van der Waals surface area contributed by atoms with Crippen LogP contribution in [0.4, 0.5) is 14.9 Å². The van der Waals surface area contributed by atoms with Crippen molar-refractivity contribution in [3.63, 3.8) is 0 Å². The van der Waals surface area contributed by atoms with Gasteiger partial charge in [-0.05, 0) is 25.0 Å². The summed E-state index contributed by atoms with van der Waals surface area (Å²) in [6, 6.07) is 4.15. The average Bonchev–Trinajstić information content (AvgIpc) is 2.55. The summed E-state index contributed by atoms with van der Waals surface area (Å²) < 4.78 is 18.8. The number of halogens is 1. The van der Waals surface area contributed by atoms with E-state index in [0.717, 1.165) is 25.9 Å². The number of hydrogen-bond acceptors (Lipinski definition) is 4. The van der Waals surface area contributed by atoms with E-state index in [-0.39, 0.29) is 18.6 Å². The van der Waals surface area contributed by atoms with Crippen molar-refractivity contribution in [2.24, 2.45) is 0 Å². The molecule has 2 N–H and O–H groups in total. The maximum Gasteiger partial charge on any atom is 0.404 e. The van der Waals surface area contributed by atoms with Gasteiger partial charge in [0.2, 0.25) is 0 Å². The molecule has 1 aromatic rings. The van der Waals surface area contributed by atoms with Crippen LogP contribution in [0.1, 0.15) is 12.8 Å². The molecule has 1 saturated heterocycles. The van der Waals surface area contributed by atoms with Gasteiger partial charge in [0.15, 0.2) is 6.61 Å². The zero-order chi connectivity index (χ0) is 17.1. The quantitative estimate of drug-likeness (QED) is 0.865. The van der Waals surface area contributed by atoms with Gasteiger partial charge in [0.1, 0.15) is 11.6 Å². The summed E-state index contributed by atoms with van der Waals surface area (Å²) >= 11 is 0. The van der Waals surface area contributed by atoms with Crippen molar-refractivity contribution in [3.05, 3.63) is 24.0 Å². The number of amides is 2. The number of carboxylic acid groups (broad SMARTS) is 1. The van der Waals surface area contributed by atoms with E-state index in [9.17, 15) is 14.0 Å². The van der Waals surface area contributed by atoms with E-state index in [1.54, 1.807) is 4.90 Å². The number of carbonyl (C=O) groups excluding carboxylic acids is 1. The number of likely N-dealkylation sites (tertiary alicyclic amines) is 1. The molecule has 0 unspecified atom stereocenters. The highest BCUT2D eigenvalue weighted by molar-refractivity contribution is 5.97. The van der Waals surface area contributed by atoms with Gasteiger partial charge in [-0.25, -0.2) is 9.18 Å². The van der Waals surface area contributed by atoms with Crippen LogP contribution in [-0.2, 0) is 4.79 Å². The molecule has 8 heteroatoms. The fraction of sp³-hybridized carbons (Fsp3) is 0.500. The van der Waals surface area contributed by atoms with E-state index in [2.05, 4.69) is 10.2 Å². The highest BCUT2D eigenvalue weighted by Gasteiger charge is 2.27. The van der Waals surface area contributed by atoms with Crippen LogP contribution in [0.15, 0.2) is 18.2 Å². The number of piperidine rings is 1. The molecule has 2 amide bonds. The number of fused-ring (bicyclic) bond motifs is 1. The Bertz CT molecular complexity index is 632. The summed E-state index contributed by atoms with van der Waals surface area (Å²) in [4.78, 5) is 26.5. The fourth-order valence-electron chi connectivity index (χ4n) is 3.14. The van der Waals surface area contributed by atoms with Crippen LogP contribution in [-0.4, -0.2) is 60.8 Å². The number of nitrogens with one attached hydrogen (secondary N) is 1. The average molecular weight is 337 g/mol. The van der Waals surface area contributed by atoms with Crippen molar-refractivity contribution in [1.82, 2.24) is 10.2 Å². The Balaban J connectivity index is 1.57. The Kier molecular flexibility index (Phi) is 4.84. The normalized spacial score (nSPS) is 18.9. The maximum atomic E-state index is 13.5. The Morgan fingerprint density at radius 1 is 1.33 bits per heavy atom. The van der Waals surface area contributed by atoms with Crippen molar-refractivity contribution in [2.75, 3.05) is 37.7 Å². The minimum Gasteiger partial charge on any atom is -0.482 e. The Morgan fingerprint density at radius 3 is 2.79 bits per heavy atom. The van der Waals surface area contributed by atoms with Gasteiger partial charge in [0.25, 0.3) is 5.91 Å². The summed E-state index contributed by atoms with van der Waals surface area (Å²) in [5.74, 6) is -0.0755. The predicted octanol–water partition coefficient (Wildman–Crippen LogP) is 1.28. The van der Waals surface area contributed by atoms with Gasteiger partial charge in [-0.15, -0.1) is 0 Å². The molecule has 0 spiro atoms. The van der Waals surface area contributed by atoms with Crippen LogP contribution in [0.3, 0.4) is 0 Å². The molecule has 7 nitrogen and oxygen atoms in total. The van der Waals surface area contributed by atoms with Gasteiger partial charge >= 0.3 is 6.09 Å². The molecule has 0 atom stereocenters. The van der Waals surface area contributed by atoms with E-state index >= 15 is 0 Å². The molecule has 2 aliphatic rings. The molecule has 24 heavy (non-hydrogen) atoms. The summed E-state index contributed by atoms with van der Waals surface area (Å²) in [7, 11) is 0. The van der Waals surface area contributed by atoms with E-state index in [1.807, 2.05) is 0 Å². The van der Waals surface area contributed by atoms with Crippen LogP contribution in [0, 0.1) is 5.82 Å². The monoisotopic (exact) mass is 337 g/mol. The molecule has 0 aliphatic carbocycles. The third-order valence-corrected chi connectivity index (χ3v) is 4.42. The fourth-order valence-corrected chi connectivity index (χ4v) is 3.14. The molecule has 0 radical (unpaired) electrons. The third kappa shape index (κ3) is 3.76. The largest absolute Gasteiger partial charge is 0.482 e. The Morgan fingerprint density at radius 2 is 2.08 bits per heavy atom. The highest BCUT2D eigenvalue weighted by atomic mass is 19.1. The minimum atomic E-state index is -0.994. The molecular weight excluding hydrogens is 317 g/mol. The number of hydrogen-bond donors (Lipinski definition) is 2. The van der Waals surface area contributed by atoms with E-state index in [0.29, 0.717) is 24.5 Å². The van der Waals surface area contributed by atoms with Crippen molar-refractivity contribution in [1.29, 1.82) is 0 Å². The van der Waals surface area contributed by atoms with Crippen LogP contribution in [0.25, 0.3) is 0 Å². The lowest BCUT2D eigenvalue weighted by Gasteiger charge is -2.35. The second-order valence-electron chi connectivity index (χ2n) is 6.01. The SMILES string of the molecule is O=C(O)NC1CCN(CCN2C(=O)COc3ccc(F)cc32)CC1. The first kappa shape index (κ1) is 16.5. The molecule has 0 bridgehead atoms. The number of ether oxygens (including phenoxy) is 1. The first-order chi connectivity index (χ1) is 11.5. The molecule has 1 aromatic carbocycles. The lowest BCUT2D eigenvalue weighted by atomic mass is 10.1. The number of anilines is 1. The number of carbonyl (C=O) groups is 2. The van der Waals surface area contributed by atoms with Gasteiger partial charge in [-0.2, -0.15) is 0 Å². The number of rotatable bonds is 4. The summed E-state index contributed by atoms with van der Waals surface area (Å²) in [6.45, 7) is 2.60. The van der Waals surface area contributed by atoms with Gasteiger partial charge < -0.3 is 25.0 Å². The van der Waals surface area contributed by atoms with Crippen LogP contribution in [0.5, 0.6) is 5.75 Å². The Hall–Kier alpha value is -2.35. The summed E-state index contributed by atoms with van der Waals surface area (Å²) in [6.07, 6.45) is 0.495. The molecule has 0 aromatic heterocycles. The van der Waals surface area contributed by atoms with Crippen molar-refractivity contribution in [3.8, 4) is 5.75 Å². The van der Waals surface area contributed by atoms with Gasteiger partial charge in [0.05, 0.1) is 5.69 Å². The van der Waals surface area contributed by atoms with Crippen LogP contribution in [0.2, 0.25) is 0 Å². The van der Waals surface area contributed by atoms with Crippen molar-refractivity contribution < 1.29 is 23.8 Å². The van der Waals surface area contributed by atoms with E-state index in [1.165, 1.54) is 18.2 Å². The molecule has 2 aliphatic heterocycles. The second kappa shape index (κ2) is 7.04. The Labute approximate surface area is 139 Å². The first-order valence-corrected chi connectivity index (χ1v) is 7.97. The molecule has 1 fully saturated rings. The number of nitrogens with zero attached hydrogens (tertiary/aromatic N) is 2. The van der Waals surface area contributed by atoms with E-state index < -0.39 is 11.9 Å². The highest BCUT2D eigenvalue weighted by Crippen LogP contribution is 2.32. The summed E-state index contributed by atoms with van der Waals surface area (Å²) in [5.41, 5.74) is 0.466. The second-order valence-corrected chi connectivity index (χ2v) is 6.01.